The summed E-state index contributed by atoms with van der Waals surface area (Å²) in [5, 5.41) is 17.0. The molecule has 2 aromatic carbocycles. The van der Waals surface area contributed by atoms with Crippen LogP contribution in [-0.2, 0) is 14.3 Å². The van der Waals surface area contributed by atoms with Crippen LogP contribution in [0.15, 0.2) is 83.1 Å². The number of aryl methyl sites for hydroxylation is 1. The molecule has 0 saturated heterocycles. The molecule has 3 rings (SSSR count). The Balaban J connectivity index is 1.89. The van der Waals surface area contributed by atoms with E-state index in [2.05, 4.69) is 23.3 Å². The molecule has 1 aliphatic heterocycles. The first-order valence-corrected chi connectivity index (χ1v) is 11.8. The van der Waals surface area contributed by atoms with Gasteiger partial charge in [-0.3, -0.25) is 4.79 Å². The largest absolute Gasteiger partial charge is 0.458 e. The number of allylic oxidation sites excluding steroid dienone is 2. The Morgan fingerprint density at radius 1 is 1.26 bits per heavy atom. The lowest BCUT2D eigenvalue weighted by Gasteiger charge is -2.29. The van der Waals surface area contributed by atoms with Crippen molar-refractivity contribution in [1.29, 1.82) is 5.26 Å². The maximum Gasteiger partial charge on any atom is 0.337 e. The number of nitrogens with one attached hydrogen (secondary N) is 2. The Morgan fingerprint density at radius 2 is 2.00 bits per heavy atom. The lowest BCUT2D eigenvalue weighted by molar-refractivity contribution is -0.138. The summed E-state index contributed by atoms with van der Waals surface area (Å²) in [7, 11) is 0. The standard InChI is InChI=1S/C26H24ClN3O3S/c1-4-12-33-26(32)23-17(3)29-25(21(14-28)24(23)18-10-8-16(2)9-11-18)34-15-22(31)30-20-7-5-6-19(27)13-20/h4-11,13,24,29H,1,12,15H2,2-3H3,(H,30,31)/t24-/m1/s1. The summed E-state index contributed by atoms with van der Waals surface area (Å²) in [6.45, 7) is 7.37. The molecule has 174 valence electrons. The fraction of sp³-hybridized carbons (Fsp3) is 0.192. The zero-order valence-electron chi connectivity index (χ0n) is 18.9. The first-order valence-electron chi connectivity index (χ1n) is 10.5. The highest BCUT2D eigenvalue weighted by atomic mass is 35.5. The summed E-state index contributed by atoms with van der Waals surface area (Å²) in [5.41, 5.74) is 3.70. The molecular weight excluding hydrogens is 470 g/mol. The van der Waals surface area contributed by atoms with Gasteiger partial charge in [-0.2, -0.15) is 5.26 Å². The second-order valence-corrected chi connectivity index (χ2v) is 9.02. The van der Waals surface area contributed by atoms with Gasteiger partial charge in [0.15, 0.2) is 0 Å². The normalized spacial score (nSPS) is 15.3. The van der Waals surface area contributed by atoms with E-state index < -0.39 is 11.9 Å². The van der Waals surface area contributed by atoms with Crippen molar-refractivity contribution in [3.05, 3.63) is 99.2 Å². The number of hydrogen-bond acceptors (Lipinski definition) is 6. The van der Waals surface area contributed by atoms with Crippen molar-refractivity contribution in [3.63, 3.8) is 0 Å². The molecule has 1 amide bonds. The zero-order chi connectivity index (χ0) is 24.7. The number of benzene rings is 2. The SMILES string of the molecule is C=CCOC(=O)C1=C(C)NC(SCC(=O)Nc2cccc(Cl)c2)=C(C#N)[C@H]1c1ccc(C)cc1. The minimum Gasteiger partial charge on any atom is -0.458 e. The van der Waals surface area contributed by atoms with Crippen LogP contribution in [0.25, 0.3) is 0 Å². The number of dihydropyridines is 1. The molecule has 0 unspecified atom stereocenters. The molecule has 34 heavy (non-hydrogen) atoms. The van der Waals surface area contributed by atoms with Gasteiger partial charge in [-0.15, -0.1) is 0 Å². The number of hydrogen-bond donors (Lipinski definition) is 2. The van der Waals surface area contributed by atoms with E-state index in [9.17, 15) is 14.9 Å². The Hall–Kier alpha value is -3.47. The van der Waals surface area contributed by atoms with E-state index in [1.165, 1.54) is 17.8 Å². The van der Waals surface area contributed by atoms with Gasteiger partial charge in [0.1, 0.15) is 6.61 Å². The Kier molecular flexibility index (Phi) is 8.58. The van der Waals surface area contributed by atoms with Gasteiger partial charge < -0.3 is 15.4 Å². The zero-order valence-corrected chi connectivity index (χ0v) is 20.4. The third-order valence-electron chi connectivity index (χ3n) is 5.07. The summed E-state index contributed by atoms with van der Waals surface area (Å²) in [6, 6.07) is 16.8. The van der Waals surface area contributed by atoms with Gasteiger partial charge in [0, 0.05) is 16.4 Å². The van der Waals surface area contributed by atoms with Gasteiger partial charge >= 0.3 is 5.97 Å². The number of halogens is 1. The average Bonchev–Trinajstić information content (AvgIpc) is 2.81. The van der Waals surface area contributed by atoms with Gasteiger partial charge in [0.25, 0.3) is 0 Å². The maximum atomic E-state index is 12.9. The Labute approximate surface area is 208 Å². The van der Waals surface area contributed by atoms with Gasteiger partial charge in [-0.25, -0.2) is 4.79 Å². The van der Waals surface area contributed by atoms with E-state index in [0.717, 1.165) is 11.1 Å². The molecule has 0 radical (unpaired) electrons. The first-order chi connectivity index (χ1) is 16.3. The highest BCUT2D eigenvalue weighted by Crippen LogP contribution is 2.41. The quantitative estimate of drug-likeness (QED) is 0.375. The molecule has 0 fully saturated rings. The third-order valence-corrected chi connectivity index (χ3v) is 6.32. The molecule has 0 aromatic heterocycles. The van der Waals surface area contributed by atoms with Crippen molar-refractivity contribution in [3.8, 4) is 6.07 Å². The molecule has 1 heterocycles. The molecule has 0 bridgehead atoms. The average molecular weight is 494 g/mol. The van der Waals surface area contributed by atoms with Crippen LogP contribution in [0.4, 0.5) is 5.69 Å². The fourth-order valence-corrected chi connectivity index (χ4v) is 4.58. The highest BCUT2D eigenvalue weighted by molar-refractivity contribution is 8.03. The molecule has 1 atom stereocenters. The van der Waals surface area contributed by atoms with Gasteiger partial charge in [0.05, 0.1) is 33.9 Å². The van der Waals surface area contributed by atoms with Crippen LogP contribution in [0.3, 0.4) is 0 Å². The molecule has 0 spiro atoms. The molecule has 0 aliphatic carbocycles. The minimum atomic E-state index is -0.623. The van der Waals surface area contributed by atoms with Gasteiger partial charge in [-0.1, -0.05) is 71.9 Å². The highest BCUT2D eigenvalue weighted by Gasteiger charge is 2.35. The molecule has 0 saturated carbocycles. The maximum absolute atomic E-state index is 12.9. The van der Waals surface area contributed by atoms with Crippen LogP contribution < -0.4 is 10.6 Å². The van der Waals surface area contributed by atoms with E-state index in [-0.39, 0.29) is 18.3 Å². The predicted octanol–water partition coefficient (Wildman–Crippen LogP) is 5.45. The second-order valence-electron chi connectivity index (χ2n) is 7.60. The molecule has 2 N–H and O–H groups in total. The van der Waals surface area contributed by atoms with Gasteiger partial charge in [0.2, 0.25) is 5.91 Å². The number of carbonyl (C=O) groups is 2. The summed E-state index contributed by atoms with van der Waals surface area (Å²) in [4.78, 5) is 25.4. The smallest absolute Gasteiger partial charge is 0.337 e. The van der Waals surface area contributed by atoms with Crippen LogP contribution in [0.1, 0.15) is 24.0 Å². The van der Waals surface area contributed by atoms with E-state index in [1.54, 1.807) is 31.2 Å². The van der Waals surface area contributed by atoms with Crippen LogP contribution in [0.5, 0.6) is 0 Å². The van der Waals surface area contributed by atoms with Crippen molar-refractivity contribution in [1.82, 2.24) is 5.32 Å². The molecular formula is C26H24ClN3O3S. The summed E-state index contributed by atoms with van der Waals surface area (Å²) < 4.78 is 5.31. The Morgan fingerprint density at radius 3 is 2.65 bits per heavy atom. The Bertz CT molecular complexity index is 1210. The summed E-state index contributed by atoms with van der Waals surface area (Å²) >= 11 is 7.17. The first kappa shape index (κ1) is 25.2. The number of nitrogens with zero attached hydrogens (tertiary/aromatic N) is 1. The number of carbonyl (C=O) groups excluding carboxylic acids is 2. The van der Waals surface area contributed by atoms with Crippen LogP contribution in [-0.4, -0.2) is 24.2 Å². The molecule has 8 heteroatoms. The number of ether oxygens (including phenoxy) is 1. The lowest BCUT2D eigenvalue weighted by Crippen LogP contribution is -2.29. The number of rotatable bonds is 8. The minimum absolute atomic E-state index is 0.0597. The van der Waals surface area contributed by atoms with Crippen molar-refractivity contribution in [2.45, 2.75) is 19.8 Å². The molecule has 1 aliphatic rings. The van der Waals surface area contributed by atoms with Crippen molar-refractivity contribution < 1.29 is 14.3 Å². The fourth-order valence-electron chi connectivity index (χ4n) is 3.50. The van der Waals surface area contributed by atoms with E-state index >= 15 is 0 Å². The molecule has 6 nitrogen and oxygen atoms in total. The topological polar surface area (TPSA) is 91.2 Å². The van der Waals surface area contributed by atoms with Gasteiger partial charge in [-0.05, 0) is 37.6 Å². The van der Waals surface area contributed by atoms with Crippen LogP contribution in [0, 0.1) is 18.3 Å². The molecule has 2 aromatic rings. The van der Waals surface area contributed by atoms with E-state index in [4.69, 9.17) is 16.3 Å². The van der Waals surface area contributed by atoms with E-state index in [1.807, 2.05) is 31.2 Å². The number of nitriles is 1. The number of thioether (sulfide) groups is 1. The monoisotopic (exact) mass is 493 g/mol. The van der Waals surface area contributed by atoms with Crippen LogP contribution >= 0.6 is 23.4 Å². The second kappa shape index (κ2) is 11.6. The van der Waals surface area contributed by atoms with E-state index in [0.29, 0.717) is 32.6 Å². The lowest BCUT2D eigenvalue weighted by atomic mass is 9.82. The van der Waals surface area contributed by atoms with Crippen molar-refractivity contribution in [2.75, 3.05) is 17.7 Å². The van der Waals surface area contributed by atoms with Crippen molar-refractivity contribution in [2.24, 2.45) is 0 Å². The summed E-state index contributed by atoms with van der Waals surface area (Å²) in [5.74, 6) is -1.33. The third kappa shape index (κ3) is 6.10. The number of anilines is 1. The summed E-state index contributed by atoms with van der Waals surface area (Å²) in [6.07, 6.45) is 1.49. The number of esters is 1. The number of amides is 1. The van der Waals surface area contributed by atoms with Crippen LogP contribution in [0.2, 0.25) is 5.02 Å². The predicted molar refractivity (Wildman–Crippen MR) is 136 cm³/mol. The van der Waals surface area contributed by atoms with Crippen molar-refractivity contribution >= 4 is 40.9 Å².